The SMILES string of the molecule is Cc1c([N+](=O)[O-])cnc(NCc2cccc(CO)c2)c1Br. The monoisotopic (exact) mass is 351 g/mol. The molecule has 0 amide bonds. The predicted molar refractivity (Wildman–Crippen MR) is 83.0 cm³/mol. The molecule has 0 aliphatic rings. The molecule has 2 rings (SSSR count). The molecule has 2 aromatic rings. The summed E-state index contributed by atoms with van der Waals surface area (Å²) in [6, 6.07) is 7.53. The van der Waals surface area contributed by atoms with Gasteiger partial charge in [0.25, 0.3) is 5.69 Å². The Hall–Kier alpha value is -1.99. The number of aromatic nitrogens is 1. The maximum atomic E-state index is 10.8. The lowest BCUT2D eigenvalue weighted by Crippen LogP contribution is -2.04. The number of nitro groups is 1. The van der Waals surface area contributed by atoms with E-state index < -0.39 is 4.92 Å². The summed E-state index contributed by atoms with van der Waals surface area (Å²) in [6.07, 6.45) is 1.24. The second kappa shape index (κ2) is 6.64. The Kier molecular flexibility index (Phi) is 4.87. The van der Waals surface area contributed by atoms with E-state index >= 15 is 0 Å². The average molecular weight is 352 g/mol. The number of halogens is 1. The first kappa shape index (κ1) is 15.4. The van der Waals surface area contributed by atoms with Crippen LogP contribution < -0.4 is 5.32 Å². The Bertz CT molecular complexity index is 677. The lowest BCUT2D eigenvalue weighted by atomic mass is 10.1. The molecule has 7 heteroatoms. The van der Waals surface area contributed by atoms with Gasteiger partial charge in [-0.3, -0.25) is 10.1 Å². The first-order chi connectivity index (χ1) is 10.0. The van der Waals surface area contributed by atoms with Gasteiger partial charge in [0.15, 0.2) is 0 Å². The minimum Gasteiger partial charge on any atom is -0.392 e. The molecule has 0 aliphatic carbocycles. The van der Waals surface area contributed by atoms with Gasteiger partial charge in [0, 0.05) is 12.1 Å². The fourth-order valence-corrected chi connectivity index (χ4v) is 2.35. The van der Waals surface area contributed by atoms with Crippen molar-refractivity contribution in [1.29, 1.82) is 0 Å². The topological polar surface area (TPSA) is 88.3 Å². The van der Waals surface area contributed by atoms with Gasteiger partial charge >= 0.3 is 0 Å². The van der Waals surface area contributed by atoms with Crippen LogP contribution >= 0.6 is 15.9 Å². The lowest BCUT2D eigenvalue weighted by Gasteiger charge is -2.10. The highest BCUT2D eigenvalue weighted by molar-refractivity contribution is 9.10. The zero-order valence-electron chi connectivity index (χ0n) is 11.3. The summed E-state index contributed by atoms with van der Waals surface area (Å²) in [5.41, 5.74) is 2.34. The van der Waals surface area contributed by atoms with E-state index in [1.54, 1.807) is 6.92 Å². The Morgan fingerprint density at radius 1 is 1.43 bits per heavy atom. The van der Waals surface area contributed by atoms with E-state index in [1.165, 1.54) is 6.20 Å². The lowest BCUT2D eigenvalue weighted by molar-refractivity contribution is -0.385. The van der Waals surface area contributed by atoms with E-state index in [-0.39, 0.29) is 12.3 Å². The van der Waals surface area contributed by atoms with Crippen molar-refractivity contribution in [3.05, 3.63) is 61.7 Å². The molecule has 0 fully saturated rings. The predicted octanol–water partition coefficient (Wildman–Crippen LogP) is 3.17. The number of aliphatic hydroxyl groups excluding tert-OH is 1. The van der Waals surface area contributed by atoms with Gasteiger partial charge in [0.1, 0.15) is 12.0 Å². The van der Waals surface area contributed by atoms with Crippen molar-refractivity contribution in [2.75, 3.05) is 5.32 Å². The quantitative estimate of drug-likeness (QED) is 0.637. The molecular weight excluding hydrogens is 338 g/mol. The number of hydrogen-bond acceptors (Lipinski definition) is 5. The van der Waals surface area contributed by atoms with Gasteiger partial charge in [-0.2, -0.15) is 0 Å². The van der Waals surface area contributed by atoms with Crippen LogP contribution in [0.1, 0.15) is 16.7 Å². The number of pyridine rings is 1. The zero-order chi connectivity index (χ0) is 15.4. The molecule has 0 unspecified atom stereocenters. The minimum atomic E-state index is -0.457. The molecule has 1 aromatic carbocycles. The van der Waals surface area contributed by atoms with Gasteiger partial charge in [0.05, 0.1) is 16.0 Å². The third kappa shape index (κ3) is 3.56. The number of nitrogens with zero attached hydrogens (tertiary/aromatic N) is 2. The number of benzene rings is 1. The number of aliphatic hydroxyl groups is 1. The maximum Gasteiger partial charge on any atom is 0.291 e. The van der Waals surface area contributed by atoms with Crippen molar-refractivity contribution >= 4 is 27.4 Å². The summed E-state index contributed by atoms with van der Waals surface area (Å²) in [7, 11) is 0. The van der Waals surface area contributed by atoms with Crippen molar-refractivity contribution < 1.29 is 10.0 Å². The Morgan fingerprint density at radius 2 is 2.14 bits per heavy atom. The van der Waals surface area contributed by atoms with Crippen LogP contribution in [-0.4, -0.2) is 15.0 Å². The zero-order valence-corrected chi connectivity index (χ0v) is 12.9. The molecule has 1 heterocycles. The van der Waals surface area contributed by atoms with Crippen molar-refractivity contribution in [1.82, 2.24) is 4.98 Å². The van der Waals surface area contributed by atoms with Gasteiger partial charge in [-0.1, -0.05) is 24.3 Å². The third-order valence-corrected chi connectivity index (χ3v) is 4.04. The van der Waals surface area contributed by atoms with E-state index in [2.05, 4.69) is 26.2 Å². The van der Waals surface area contributed by atoms with E-state index in [1.807, 2.05) is 24.3 Å². The highest BCUT2D eigenvalue weighted by atomic mass is 79.9. The van der Waals surface area contributed by atoms with Crippen LogP contribution in [0.4, 0.5) is 11.5 Å². The van der Waals surface area contributed by atoms with E-state index in [4.69, 9.17) is 5.11 Å². The first-order valence-corrected chi connectivity index (χ1v) is 7.04. The molecular formula is C14H14BrN3O3. The molecule has 0 atom stereocenters. The molecule has 6 nitrogen and oxygen atoms in total. The van der Waals surface area contributed by atoms with E-state index in [9.17, 15) is 10.1 Å². The normalized spacial score (nSPS) is 10.4. The molecule has 0 saturated heterocycles. The second-order valence-corrected chi connectivity index (χ2v) is 5.31. The van der Waals surface area contributed by atoms with Crippen molar-refractivity contribution in [2.24, 2.45) is 0 Å². The van der Waals surface area contributed by atoms with Crippen LogP contribution in [0.5, 0.6) is 0 Å². The van der Waals surface area contributed by atoms with Crippen LogP contribution in [-0.2, 0) is 13.2 Å². The summed E-state index contributed by atoms with van der Waals surface area (Å²) in [4.78, 5) is 14.4. The fraction of sp³-hybridized carbons (Fsp3) is 0.214. The third-order valence-electron chi connectivity index (χ3n) is 3.07. The largest absolute Gasteiger partial charge is 0.392 e. The van der Waals surface area contributed by atoms with Crippen LogP contribution in [0.3, 0.4) is 0 Å². The molecule has 21 heavy (non-hydrogen) atoms. The molecule has 0 bridgehead atoms. The van der Waals surface area contributed by atoms with Gasteiger partial charge < -0.3 is 10.4 Å². The number of anilines is 1. The second-order valence-electron chi connectivity index (χ2n) is 4.52. The Labute approximate surface area is 130 Å². The summed E-state index contributed by atoms with van der Waals surface area (Å²) in [5, 5.41) is 23.1. The molecule has 110 valence electrons. The molecule has 0 radical (unpaired) electrons. The summed E-state index contributed by atoms with van der Waals surface area (Å²) < 4.78 is 0.579. The Balaban J connectivity index is 2.17. The summed E-state index contributed by atoms with van der Waals surface area (Å²) in [6.45, 7) is 2.17. The molecule has 0 spiro atoms. The van der Waals surface area contributed by atoms with Crippen LogP contribution in [0.15, 0.2) is 34.9 Å². The van der Waals surface area contributed by atoms with E-state index in [0.717, 1.165) is 11.1 Å². The average Bonchev–Trinajstić information content (AvgIpc) is 2.48. The number of nitrogens with one attached hydrogen (secondary N) is 1. The van der Waals surface area contributed by atoms with Gasteiger partial charge in [-0.05, 0) is 34.0 Å². The number of hydrogen-bond donors (Lipinski definition) is 2. The highest BCUT2D eigenvalue weighted by Crippen LogP contribution is 2.30. The van der Waals surface area contributed by atoms with Gasteiger partial charge in [-0.15, -0.1) is 0 Å². The molecule has 1 aromatic heterocycles. The maximum absolute atomic E-state index is 10.8. The standard InChI is InChI=1S/C14H14BrN3O3/c1-9-12(18(20)21)7-17-14(13(9)15)16-6-10-3-2-4-11(5-10)8-19/h2-5,7,19H,6,8H2,1H3,(H,16,17). The van der Waals surface area contributed by atoms with Crippen molar-refractivity contribution in [3.8, 4) is 0 Å². The highest BCUT2D eigenvalue weighted by Gasteiger charge is 2.16. The summed E-state index contributed by atoms with van der Waals surface area (Å²) in [5.74, 6) is 0.549. The molecule has 0 aliphatic heterocycles. The fourth-order valence-electron chi connectivity index (χ4n) is 1.90. The molecule has 0 saturated carbocycles. The first-order valence-electron chi connectivity index (χ1n) is 6.25. The molecule has 2 N–H and O–H groups in total. The summed E-state index contributed by atoms with van der Waals surface area (Å²) >= 11 is 3.33. The smallest absolute Gasteiger partial charge is 0.291 e. The van der Waals surface area contributed by atoms with Gasteiger partial charge in [-0.25, -0.2) is 4.98 Å². The van der Waals surface area contributed by atoms with Gasteiger partial charge in [0.2, 0.25) is 0 Å². The minimum absolute atomic E-state index is 0.00752. The van der Waals surface area contributed by atoms with Crippen LogP contribution in [0, 0.1) is 17.0 Å². The number of rotatable bonds is 5. The van der Waals surface area contributed by atoms with Crippen LogP contribution in [0.2, 0.25) is 0 Å². The Morgan fingerprint density at radius 3 is 2.81 bits per heavy atom. The van der Waals surface area contributed by atoms with Crippen LogP contribution in [0.25, 0.3) is 0 Å². The van der Waals surface area contributed by atoms with E-state index in [0.29, 0.717) is 22.4 Å². The van der Waals surface area contributed by atoms with Crippen molar-refractivity contribution in [3.63, 3.8) is 0 Å². The van der Waals surface area contributed by atoms with Crippen molar-refractivity contribution in [2.45, 2.75) is 20.1 Å².